The molecule has 3 nitrogen and oxygen atoms in total. The highest BCUT2D eigenvalue weighted by molar-refractivity contribution is 9.08. The molecule has 126 valence electrons. The molecule has 0 aromatic heterocycles. The number of nitrogens with one attached hydrogen (secondary N) is 1. The molecule has 4 heteroatoms. The van der Waals surface area contributed by atoms with Crippen LogP contribution in [-0.4, -0.2) is 19.1 Å². The third-order valence-corrected chi connectivity index (χ3v) is 5.19. The fourth-order valence-electron chi connectivity index (χ4n) is 3.19. The summed E-state index contributed by atoms with van der Waals surface area (Å²) in [5, 5.41) is 4.17. The van der Waals surface area contributed by atoms with Crippen LogP contribution in [0.1, 0.15) is 29.5 Å². The molecule has 0 radical (unpaired) electrons. The summed E-state index contributed by atoms with van der Waals surface area (Å²) in [4.78, 5) is 12.6. The molecule has 0 spiro atoms. The maximum atomic E-state index is 12.6. The molecule has 1 N–H and O–H groups in total. The average molecular weight is 388 g/mol. The highest BCUT2D eigenvalue weighted by Gasteiger charge is 2.37. The molecule has 1 aliphatic rings. The monoisotopic (exact) mass is 387 g/mol. The van der Waals surface area contributed by atoms with Gasteiger partial charge in [-0.1, -0.05) is 70.5 Å². The lowest BCUT2D eigenvalue weighted by atomic mass is 9.84. The van der Waals surface area contributed by atoms with Crippen molar-refractivity contribution >= 4 is 21.9 Å². The summed E-state index contributed by atoms with van der Waals surface area (Å²) in [5.74, 6) is -0.160. The van der Waals surface area contributed by atoms with Gasteiger partial charge >= 0.3 is 5.97 Å². The number of ether oxygens (including phenoxy) is 1. The van der Waals surface area contributed by atoms with Crippen molar-refractivity contribution in [2.24, 2.45) is 0 Å². The van der Waals surface area contributed by atoms with Gasteiger partial charge in [-0.25, -0.2) is 0 Å². The average Bonchev–Trinajstić information content (AvgIpc) is 2.64. The summed E-state index contributed by atoms with van der Waals surface area (Å²) in [5.41, 5.74) is 2.78. The van der Waals surface area contributed by atoms with Gasteiger partial charge in [0, 0.05) is 18.2 Å². The molecule has 1 saturated heterocycles. The maximum Gasteiger partial charge on any atom is 0.311 e. The minimum atomic E-state index is -0.501. The Balaban J connectivity index is 1.73. The zero-order chi connectivity index (χ0) is 16.8. The number of rotatable bonds is 5. The van der Waals surface area contributed by atoms with Crippen molar-refractivity contribution in [3.8, 4) is 0 Å². The third-order valence-electron chi connectivity index (χ3n) is 4.55. The van der Waals surface area contributed by atoms with Gasteiger partial charge in [-0.15, -0.1) is 0 Å². The standard InChI is InChI=1S/C20H22BrNO2/c21-15-17-8-6-16(7-9-17)14-19(23)24-20(10-12-22-13-11-20)18-4-2-1-3-5-18/h1-9,22H,10-15H2. The molecule has 0 unspecified atom stereocenters. The molecular formula is C20H22BrNO2. The SMILES string of the molecule is O=C(Cc1ccc(CBr)cc1)OC1(c2ccccc2)CCNCC1. The van der Waals surface area contributed by atoms with Crippen LogP contribution in [0.25, 0.3) is 0 Å². The van der Waals surface area contributed by atoms with E-state index < -0.39 is 5.60 Å². The molecule has 1 aliphatic heterocycles. The Hall–Kier alpha value is -1.65. The van der Waals surface area contributed by atoms with E-state index in [1.54, 1.807) is 0 Å². The van der Waals surface area contributed by atoms with Gasteiger partial charge in [0.1, 0.15) is 5.60 Å². The molecule has 0 amide bonds. The van der Waals surface area contributed by atoms with Crippen molar-refractivity contribution in [1.29, 1.82) is 0 Å². The largest absolute Gasteiger partial charge is 0.454 e. The van der Waals surface area contributed by atoms with Crippen LogP contribution in [0.15, 0.2) is 54.6 Å². The zero-order valence-electron chi connectivity index (χ0n) is 13.6. The molecule has 1 fully saturated rings. The highest BCUT2D eigenvalue weighted by atomic mass is 79.9. The highest BCUT2D eigenvalue weighted by Crippen LogP contribution is 2.35. The number of halogens is 1. The number of carbonyl (C=O) groups is 1. The van der Waals surface area contributed by atoms with E-state index in [2.05, 4.69) is 33.4 Å². The molecule has 0 saturated carbocycles. The van der Waals surface area contributed by atoms with Crippen LogP contribution in [-0.2, 0) is 26.9 Å². The molecular weight excluding hydrogens is 366 g/mol. The second-order valence-electron chi connectivity index (χ2n) is 6.21. The molecule has 3 rings (SSSR count). The second-order valence-corrected chi connectivity index (χ2v) is 6.77. The number of hydrogen-bond donors (Lipinski definition) is 1. The van der Waals surface area contributed by atoms with Crippen LogP contribution in [0.3, 0.4) is 0 Å². The first kappa shape index (κ1) is 17.2. The van der Waals surface area contributed by atoms with E-state index >= 15 is 0 Å². The first-order chi connectivity index (χ1) is 11.7. The molecule has 0 atom stereocenters. The van der Waals surface area contributed by atoms with Gasteiger partial charge in [-0.2, -0.15) is 0 Å². The van der Waals surface area contributed by atoms with Gasteiger partial charge in [-0.3, -0.25) is 4.79 Å². The smallest absolute Gasteiger partial charge is 0.311 e. The van der Waals surface area contributed by atoms with Crippen LogP contribution in [0, 0.1) is 0 Å². The van der Waals surface area contributed by atoms with Crippen molar-refractivity contribution < 1.29 is 9.53 Å². The van der Waals surface area contributed by atoms with Gasteiger partial charge in [-0.05, 0) is 29.8 Å². The Labute approximate surface area is 151 Å². The van der Waals surface area contributed by atoms with E-state index in [4.69, 9.17) is 4.74 Å². The number of esters is 1. The number of benzene rings is 2. The van der Waals surface area contributed by atoms with Crippen LogP contribution < -0.4 is 5.32 Å². The van der Waals surface area contributed by atoms with E-state index in [1.165, 1.54) is 5.56 Å². The summed E-state index contributed by atoms with van der Waals surface area (Å²) in [6.45, 7) is 1.73. The number of piperidine rings is 1. The lowest BCUT2D eigenvalue weighted by Gasteiger charge is -2.37. The molecule has 0 bridgehead atoms. The number of carbonyl (C=O) groups excluding carboxylic acids is 1. The Morgan fingerprint density at radius 3 is 2.25 bits per heavy atom. The van der Waals surface area contributed by atoms with Crippen molar-refractivity contribution in [3.63, 3.8) is 0 Å². The van der Waals surface area contributed by atoms with Crippen LogP contribution in [0.2, 0.25) is 0 Å². The van der Waals surface area contributed by atoms with Gasteiger partial charge in [0.25, 0.3) is 0 Å². The van der Waals surface area contributed by atoms with Crippen molar-refractivity contribution in [2.75, 3.05) is 13.1 Å². The first-order valence-electron chi connectivity index (χ1n) is 8.34. The minimum Gasteiger partial charge on any atom is -0.454 e. The van der Waals surface area contributed by atoms with E-state index in [9.17, 15) is 4.79 Å². The van der Waals surface area contributed by atoms with E-state index in [-0.39, 0.29) is 5.97 Å². The number of hydrogen-bond acceptors (Lipinski definition) is 3. The third kappa shape index (κ3) is 4.05. The van der Waals surface area contributed by atoms with Crippen molar-refractivity contribution in [1.82, 2.24) is 5.32 Å². The molecule has 0 aliphatic carbocycles. The zero-order valence-corrected chi connectivity index (χ0v) is 15.2. The topological polar surface area (TPSA) is 38.3 Å². The van der Waals surface area contributed by atoms with Crippen molar-refractivity contribution in [3.05, 3.63) is 71.3 Å². The quantitative estimate of drug-likeness (QED) is 0.623. The minimum absolute atomic E-state index is 0.160. The Kier molecular flexibility index (Phi) is 5.69. The predicted molar refractivity (Wildman–Crippen MR) is 99.1 cm³/mol. The Morgan fingerprint density at radius 2 is 1.62 bits per heavy atom. The lowest BCUT2D eigenvalue weighted by Crippen LogP contribution is -2.43. The Morgan fingerprint density at radius 1 is 1.00 bits per heavy atom. The van der Waals surface area contributed by atoms with Gasteiger partial charge < -0.3 is 10.1 Å². The van der Waals surface area contributed by atoms with E-state index in [1.807, 2.05) is 42.5 Å². The first-order valence-corrected chi connectivity index (χ1v) is 9.46. The summed E-state index contributed by atoms with van der Waals surface area (Å²) in [6.07, 6.45) is 1.93. The summed E-state index contributed by atoms with van der Waals surface area (Å²) in [6, 6.07) is 18.2. The van der Waals surface area contributed by atoms with Gasteiger partial charge in [0.2, 0.25) is 0 Å². The molecule has 2 aromatic carbocycles. The fraction of sp³-hybridized carbons (Fsp3) is 0.350. The second kappa shape index (κ2) is 7.95. The molecule has 2 aromatic rings. The van der Waals surface area contributed by atoms with Gasteiger partial charge in [0.05, 0.1) is 6.42 Å². The van der Waals surface area contributed by atoms with Crippen LogP contribution in [0.5, 0.6) is 0 Å². The van der Waals surface area contributed by atoms with Crippen LogP contribution in [0.4, 0.5) is 0 Å². The molecule has 24 heavy (non-hydrogen) atoms. The normalized spacial score (nSPS) is 16.5. The maximum absolute atomic E-state index is 12.6. The van der Waals surface area contributed by atoms with Gasteiger partial charge in [0.15, 0.2) is 0 Å². The summed E-state index contributed by atoms with van der Waals surface area (Å²) < 4.78 is 6.04. The predicted octanol–water partition coefficient (Wildman–Crippen LogP) is 3.95. The summed E-state index contributed by atoms with van der Waals surface area (Å²) in [7, 11) is 0. The van der Waals surface area contributed by atoms with Crippen LogP contribution >= 0.6 is 15.9 Å². The number of alkyl halides is 1. The van der Waals surface area contributed by atoms with Crippen molar-refractivity contribution in [2.45, 2.75) is 30.2 Å². The fourth-order valence-corrected chi connectivity index (χ4v) is 3.56. The van der Waals surface area contributed by atoms with E-state index in [0.717, 1.165) is 42.4 Å². The molecule has 1 heterocycles. The van der Waals surface area contributed by atoms with E-state index in [0.29, 0.717) is 6.42 Å². The summed E-state index contributed by atoms with van der Waals surface area (Å²) >= 11 is 3.43. The lowest BCUT2D eigenvalue weighted by molar-refractivity contribution is -0.163. The Bertz CT molecular complexity index is 664.